The van der Waals surface area contributed by atoms with E-state index < -0.39 is 11.9 Å². The Labute approximate surface area is 198 Å². The first-order valence-electron chi connectivity index (χ1n) is 12.7. The second-order valence-electron chi connectivity index (χ2n) is 10.1. The van der Waals surface area contributed by atoms with Gasteiger partial charge in [0.15, 0.2) is 0 Å². The highest BCUT2D eigenvalue weighted by atomic mass is 16.5. The average molecular weight is 459 g/mol. The maximum absolute atomic E-state index is 11.9. The van der Waals surface area contributed by atoms with E-state index in [1.807, 2.05) is 25.1 Å². The van der Waals surface area contributed by atoms with E-state index in [1.165, 1.54) is 11.1 Å². The van der Waals surface area contributed by atoms with Crippen LogP contribution >= 0.6 is 0 Å². The summed E-state index contributed by atoms with van der Waals surface area (Å²) < 4.78 is 6.05. The molecule has 1 aromatic carbocycles. The lowest BCUT2D eigenvalue weighted by atomic mass is 9.62. The molecule has 0 saturated heterocycles. The van der Waals surface area contributed by atoms with Gasteiger partial charge in [0.1, 0.15) is 0 Å². The number of hydrogen-bond acceptors (Lipinski definition) is 4. The van der Waals surface area contributed by atoms with Crippen LogP contribution < -0.4 is 11.1 Å². The smallest absolute Gasteiger partial charge is 0.306 e. The van der Waals surface area contributed by atoms with Gasteiger partial charge in [-0.2, -0.15) is 0 Å². The van der Waals surface area contributed by atoms with Crippen LogP contribution in [0, 0.1) is 11.8 Å². The fraction of sp³-hybridized carbons (Fsp3) is 0.704. The Kier molecular flexibility index (Phi) is 8.57. The summed E-state index contributed by atoms with van der Waals surface area (Å²) in [7, 11) is 1.79. The second-order valence-corrected chi connectivity index (χ2v) is 10.1. The molecule has 6 nitrogen and oxygen atoms in total. The maximum Gasteiger partial charge on any atom is 0.306 e. The van der Waals surface area contributed by atoms with Gasteiger partial charge in [0.05, 0.1) is 12.0 Å². The molecule has 2 aliphatic rings. The average Bonchev–Trinajstić information content (AvgIpc) is 2.82. The monoisotopic (exact) mass is 458 g/mol. The standard InChI is InChI=1S/C27H42N2O4/c1-5-18(26(31)32)13-17-9-8-10-21(14-17)29-24-23(33-4)16-19-11-12-20(25(28)30)15-22(19)27(24,6-2)7-3/h11-12,15,17-18,21,23-24,29H,5-10,13-14,16H2,1-4H3,(H2,28,30)(H,31,32)/t17?,18?,21-,23-,24+/m0/s1. The molecule has 0 aromatic heterocycles. The van der Waals surface area contributed by atoms with Gasteiger partial charge in [-0.05, 0) is 67.7 Å². The van der Waals surface area contributed by atoms with E-state index in [0.717, 1.165) is 51.4 Å². The zero-order chi connectivity index (χ0) is 24.2. The largest absolute Gasteiger partial charge is 0.481 e. The van der Waals surface area contributed by atoms with Gasteiger partial charge in [-0.3, -0.25) is 9.59 Å². The van der Waals surface area contributed by atoms with Crippen LogP contribution in [0.5, 0.6) is 0 Å². The van der Waals surface area contributed by atoms with Crippen molar-refractivity contribution in [1.82, 2.24) is 5.32 Å². The van der Waals surface area contributed by atoms with Gasteiger partial charge in [-0.15, -0.1) is 0 Å². The molecule has 5 atom stereocenters. The van der Waals surface area contributed by atoms with Crippen LogP contribution in [0.4, 0.5) is 0 Å². The first kappa shape index (κ1) is 25.7. The number of carboxylic acids is 1. The van der Waals surface area contributed by atoms with E-state index in [2.05, 4.69) is 19.2 Å². The summed E-state index contributed by atoms with van der Waals surface area (Å²) in [5.74, 6) is -0.874. The predicted octanol–water partition coefficient (Wildman–Crippen LogP) is 4.43. The lowest BCUT2D eigenvalue weighted by molar-refractivity contribution is -0.142. The van der Waals surface area contributed by atoms with Gasteiger partial charge >= 0.3 is 5.97 Å². The van der Waals surface area contributed by atoms with Gasteiger partial charge < -0.3 is 20.9 Å². The number of carboxylic acid groups (broad SMARTS) is 1. The van der Waals surface area contributed by atoms with Crippen molar-refractivity contribution < 1.29 is 19.4 Å². The molecule has 1 saturated carbocycles. The van der Waals surface area contributed by atoms with Crippen LogP contribution in [-0.2, 0) is 21.4 Å². The Balaban J connectivity index is 1.88. The van der Waals surface area contributed by atoms with Crippen molar-refractivity contribution >= 4 is 11.9 Å². The van der Waals surface area contributed by atoms with E-state index in [0.29, 0.717) is 23.9 Å². The number of fused-ring (bicyclic) bond motifs is 1. The number of nitrogens with one attached hydrogen (secondary N) is 1. The fourth-order valence-corrected chi connectivity index (χ4v) is 6.54. The van der Waals surface area contributed by atoms with Crippen LogP contribution in [-0.4, -0.2) is 42.3 Å². The van der Waals surface area contributed by atoms with Crippen molar-refractivity contribution in [1.29, 1.82) is 0 Å². The topological polar surface area (TPSA) is 102 Å². The molecule has 4 N–H and O–H groups in total. The molecule has 0 radical (unpaired) electrons. The van der Waals surface area contributed by atoms with Gasteiger partial charge in [0, 0.05) is 36.6 Å². The molecular weight excluding hydrogens is 416 g/mol. The number of primary amides is 1. The molecule has 0 aliphatic heterocycles. The summed E-state index contributed by atoms with van der Waals surface area (Å²) in [6, 6.07) is 6.35. The number of rotatable bonds is 10. The molecule has 33 heavy (non-hydrogen) atoms. The minimum absolute atomic E-state index is 0.0413. The summed E-state index contributed by atoms with van der Waals surface area (Å²) in [4.78, 5) is 23.5. The predicted molar refractivity (Wildman–Crippen MR) is 130 cm³/mol. The van der Waals surface area contributed by atoms with Crippen LogP contribution in [0.25, 0.3) is 0 Å². The van der Waals surface area contributed by atoms with Crippen molar-refractivity contribution in [3.8, 4) is 0 Å². The summed E-state index contributed by atoms with van der Waals surface area (Å²) in [6.45, 7) is 6.41. The Bertz CT molecular complexity index is 835. The molecule has 0 spiro atoms. The Morgan fingerprint density at radius 2 is 1.97 bits per heavy atom. The molecule has 1 fully saturated rings. The number of aliphatic carboxylic acids is 1. The zero-order valence-electron chi connectivity index (χ0n) is 20.7. The zero-order valence-corrected chi connectivity index (χ0v) is 20.7. The Morgan fingerprint density at radius 1 is 1.24 bits per heavy atom. The van der Waals surface area contributed by atoms with Crippen molar-refractivity contribution in [2.24, 2.45) is 17.6 Å². The van der Waals surface area contributed by atoms with Crippen molar-refractivity contribution in [2.75, 3.05) is 7.11 Å². The molecule has 6 heteroatoms. The second kappa shape index (κ2) is 11.0. The van der Waals surface area contributed by atoms with E-state index in [1.54, 1.807) is 7.11 Å². The molecule has 184 valence electrons. The summed E-state index contributed by atoms with van der Waals surface area (Å²) in [5, 5.41) is 13.5. The summed E-state index contributed by atoms with van der Waals surface area (Å²) >= 11 is 0. The normalized spacial score (nSPS) is 27.5. The molecule has 2 unspecified atom stereocenters. The Hall–Kier alpha value is -1.92. The minimum Gasteiger partial charge on any atom is -0.481 e. The molecule has 2 aliphatic carbocycles. The van der Waals surface area contributed by atoms with Gasteiger partial charge in [0.2, 0.25) is 5.91 Å². The van der Waals surface area contributed by atoms with Crippen LogP contribution in [0.1, 0.15) is 93.6 Å². The third-order valence-corrected chi connectivity index (χ3v) is 8.54. The molecular formula is C27H42N2O4. The van der Waals surface area contributed by atoms with Crippen molar-refractivity contribution in [3.05, 3.63) is 34.9 Å². The van der Waals surface area contributed by atoms with E-state index in [9.17, 15) is 14.7 Å². The highest BCUT2D eigenvalue weighted by Gasteiger charge is 2.48. The van der Waals surface area contributed by atoms with Crippen molar-refractivity contribution in [3.63, 3.8) is 0 Å². The quantitative estimate of drug-likeness (QED) is 0.481. The third kappa shape index (κ3) is 5.27. The lowest BCUT2D eigenvalue weighted by Gasteiger charge is -2.50. The van der Waals surface area contributed by atoms with Crippen LogP contribution in [0.2, 0.25) is 0 Å². The minimum atomic E-state index is -0.669. The summed E-state index contributed by atoms with van der Waals surface area (Å²) in [6.07, 6.45) is 8.50. The van der Waals surface area contributed by atoms with E-state index in [4.69, 9.17) is 10.5 Å². The molecule has 3 rings (SSSR count). The van der Waals surface area contributed by atoms with E-state index in [-0.39, 0.29) is 23.5 Å². The molecule has 1 amide bonds. The van der Waals surface area contributed by atoms with Gasteiger partial charge in [0.25, 0.3) is 0 Å². The number of methoxy groups -OCH3 is 1. The van der Waals surface area contributed by atoms with Crippen LogP contribution in [0.3, 0.4) is 0 Å². The lowest BCUT2D eigenvalue weighted by Crippen LogP contribution is -2.61. The molecule has 1 aromatic rings. The SMILES string of the molecule is CCC(CC1CCC[C@H](N[C@@H]2[C@@H](OC)Cc3ccc(C(N)=O)cc3C2(CC)CC)C1)C(=O)O. The number of amides is 1. The fourth-order valence-electron chi connectivity index (χ4n) is 6.54. The number of carbonyl (C=O) groups excluding carboxylic acids is 1. The maximum atomic E-state index is 11.9. The van der Waals surface area contributed by atoms with E-state index >= 15 is 0 Å². The number of ether oxygens (including phenoxy) is 1. The first-order valence-corrected chi connectivity index (χ1v) is 12.7. The highest BCUT2D eigenvalue weighted by molar-refractivity contribution is 5.93. The molecule has 0 heterocycles. The van der Waals surface area contributed by atoms with Crippen molar-refractivity contribution in [2.45, 2.75) is 102 Å². The van der Waals surface area contributed by atoms with Crippen LogP contribution in [0.15, 0.2) is 18.2 Å². The third-order valence-electron chi connectivity index (χ3n) is 8.54. The van der Waals surface area contributed by atoms with Gasteiger partial charge in [-0.1, -0.05) is 39.7 Å². The number of hydrogen-bond donors (Lipinski definition) is 3. The van der Waals surface area contributed by atoms with Gasteiger partial charge in [-0.25, -0.2) is 0 Å². The number of benzene rings is 1. The molecule has 0 bridgehead atoms. The number of carbonyl (C=O) groups is 2. The Morgan fingerprint density at radius 3 is 2.55 bits per heavy atom. The highest BCUT2D eigenvalue weighted by Crippen LogP contribution is 2.45. The summed E-state index contributed by atoms with van der Waals surface area (Å²) in [5.41, 5.74) is 8.49. The first-order chi connectivity index (χ1) is 15.8. The number of nitrogens with two attached hydrogens (primary N) is 1.